The number of benzene rings is 2. The Morgan fingerprint density at radius 1 is 0.840 bits per heavy atom. The Balaban J connectivity index is 1.80. The molecule has 0 unspecified atom stereocenters. The van der Waals surface area contributed by atoms with Gasteiger partial charge in [0.05, 0.1) is 14.2 Å². The molecule has 3 nitrogen and oxygen atoms in total. The molecule has 4 heteroatoms. The Labute approximate surface area is 156 Å². The fourth-order valence-electron chi connectivity index (χ4n) is 2.91. The molecule has 0 aliphatic heterocycles. The Morgan fingerprint density at radius 3 is 2.16 bits per heavy atom. The summed E-state index contributed by atoms with van der Waals surface area (Å²) in [5, 5.41) is 0.800. The van der Waals surface area contributed by atoms with E-state index in [4.69, 9.17) is 21.1 Å². The lowest BCUT2D eigenvalue weighted by Gasteiger charge is -2.20. The van der Waals surface area contributed by atoms with Crippen LogP contribution in [0.5, 0.6) is 11.5 Å². The SMILES string of the molecule is CCN(CCCc1ccc(Cl)cc1)CCc1ccc(OC)c(OC)c1. The molecule has 0 saturated heterocycles. The predicted octanol–water partition coefficient (Wildman–Crippen LogP) is 4.85. The molecule has 2 aromatic rings. The first-order chi connectivity index (χ1) is 12.2. The van der Waals surface area contributed by atoms with Crippen LogP contribution in [-0.2, 0) is 12.8 Å². The molecule has 0 aliphatic rings. The maximum absolute atomic E-state index is 5.93. The Hall–Kier alpha value is -1.71. The highest BCUT2D eigenvalue weighted by Gasteiger charge is 2.07. The molecule has 0 N–H and O–H groups in total. The third kappa shape index (κ3) is 6.26. The number of likely N-dealkylation sites (N-methyl/N-ethyl adjacent to an activating group) is 1. The van der Waals surface area contributed by atoms with E-state index in [9.17, 15) is 0 Å². The van der Waals surface area contributed by atoms with Gasteiger partial charge in [0.1, 0.15) is 0 Å². The van der Waals surface area contributed by atoms with E-state index in [-0.39, 0.29) is 0 Å². The van der Waals surface area contributed by atoms with Crippen molar-refractivity contribution in [2.45, 2.75) is 26.2 Å². The molecule has 2 rings (SSSR count). The normalized spacial score (nSPS) is 10.9. The second-order valence-electron chi connectivity index (χ2n) is 6.10. The highest BCUT2D eigenvalue weighted by molar-refractivity contribution is 6.30. The Morgan fingerprint density at radius 2 is 1.52 bits per heavy atom. The summed E-state index contributed by atoms with van der Waals surface area (Å²) in [6.07, 6.45) is 3.25. The smallest absolute Gasteiger partial charge is 0.160 e. The summed E-state index contributed by atoms with van der Waals surface area (Å²) in [4.78, 5) is 2.49. The Kier molecular flexibility index (Phi) is 8.10. The van der Waals surface area contributed by atoms with E-state index < -0.39 is 0 Å². The van der Waals surface area contributed by atoms with Crippen molar-refractivity contribution in [1.29, 1.82) is 0 Å². The van der Waals surface area contributed by atoms with Gasteiger partial charge in [0.25, 0.3) is 0 Å². The maximum atomic E-state index is 5.93. The fraction of sp³-hybridized carbons (Fsp3) is 0.429. The van der Waals surface area contributed by atoms with Crippen LogP contribution >= 0.6 is 11.6 Å². The minimum Gasteiger partial charge on any atom is -0.493 e. The van der Waals surface area contributed by atoms with Crippen LogP contribution in [0.3, 0.4) is 0 Å². The van der Waals surface area contributed by atoms with E-state index in [0.29, 0.717) is 0 Å². The molecule has 2 aromatic carbocycles. The maximum Gasteiger partial charge on any atom is 0.160 e. The van der Waals surface area contributed by atoms with Crippen molar-refractivity contribution in [1.82, 2.24) is 4.90 Å². The zero-order valence-electron chi connectivity index (χ0n) is 15.4. The number of halogens is 1. The minimum absolute atomic E-state index is 0.779. The van der Waals surface area contributed by atoms with Crippen LogP contribution in [-0.4, -0.2) is 38.8 Å². The number of hydrogen-bond donors (Lipinski definition) is 0. The summed E-state index contributed by atoms with van der Waals surface area (Å²) in [5.74, 6) is 1.58. The first-order valence-electron chi connectivity index (χ1n) is 8.84. The van der Waals surface area contributed by atoms with Crippen molar-refractivity contribution >= 4 is 11.6 Å². The molecule has 0 radical (unpaired) electrons. The van der Waals surface area contributed by atoms with Gasteiger partial charge in [-0.05, 0) is 67.7 Å². The molecule has 0 spiro atoms. The number of hydrogen-bond acceptors (Lipinski definition) is 3. The summed E-state index contributed by atoms with van der Waals surface area (Å²) in [5.41, 5.74) is 2.62. The van der Waals surface area contributed by atoms with E-state index in [1.54, 1.807) is 14.2 Å². The van der Waals surface area contributed by atoms with Gasteiger partial charge < -0.3 is 14.4 Å². The van der Waals surface area contributed by atoms with Crippen molar-refractivity contribution in [3.05, 3.63) is 58.6 Å². The second-order valence-corrected chi connectivity index (χ2v) is 6.54. The van der Waals surface area contributed by atoms with Crippen molar-refractivity contribution in [2.24, 2.45) is 0 Å². The van der Waals surface area contributed by atoms with E-state index in [0.717, 1.165) is 55.4 Å². The lowest BCUT2D eigenvalue weighted by molar-refractivity contribution is 0.288. The van der Waals surface area contributed by atoms with E-state index >= 15 is 0 Å². The van der Waals surface area contributed by atoms with Crippen LogP contribution in [0, 0.1) is 0 Å². The predicted molar refractivity (Wildman–Crippen MR) is 105 cm³/mol. The molecule has 0 heterocycles. The molecular weight excluding hydrogens is 334 g/mol. The zero-order chi connectivity index (χ0) is 18.1. The first-order valence-corrected chi connectivity index (χ1v) is 9.21. The van der Waals surface area contributed by atoms with Gasteiger partial charge in [-0.3, -0.25) is 0 Å². The third-order valence-corrected chi connectivity index (χ3v) is 4.72. The van der Waals surface area contributed by atoms with Crippen LogP contribution in [0.15, 0.2) is 42.5 Å². The summed E-state index contributed by atoms with van der Waals surface area (Å²) >= 11 is 5.93. The van der Waals surface area contributed by atoms with Gasteiger partial charge in [-0.1, -0.05) is 36.7 Å². The summed E-state index contributed by atoms with van der Waals surface area (Å²) in [6.45, 7) is 5.43. The van der Waals surface area contributed by atoms with Gasteiger partial charge >= 0.3 is 0 Å². The van der Waals surface area contributed by atoms with Crippen molar-refractivity contribution in [3.63, 3.8) is 0 Å². The largest absolute Gasteiger partial charge is 0.493 e. The topological polar surface area (TPSA) is 21.7 Å². The van der Waals surface area contributed by atoms with E-state index in [1.807, 2.05) is 18.2 Å². The Bertz CT molecular complexity index is 643. The van der Waals surface area contributed by atoms with Crippen molar-refractivity contribution in [3.8, 4) is 11.5 Å². The lowest BCUT2D eigenvalue weighted by Crippen LogP contribution is -2.27. The van der Waals surface area contributed by atoms with Gasteiger partial charge in [0.15, 0.2) is 11.5 Å². The van der Waals surface area contributed by atoms with Gasteiger partial charge in [-0.2, -0.15) is 0 Å². The molecule has 25 heavy (non-hydrogen) atoms. The van der Waals surface area contributed by atoms with Crippen LogP contribution in [0.4, 0.5) is 0 Å². The van der Waals surface area contributed by atoms with Crippen LogP contribution in [0.25, 0.3) is 0 Å². The molecular formula is C21H28ClNO2. The third-order valence-electron chi connectivity index (χ3n) is 4.46. The molecule has 0 amide bonds. The van der Waals surface area contributed by atoms with Crippen LogP contribution in [0.2, 0.25) is 5.02 Å². The molecule has 136 valence electrons. The molecule has 0 aromatic heterocycles. The van der Waals surface area contributed by atoms with Crippen LogP contribution < -0.4 is 9.47 Å². The highest BCUT2D eigenvalue weighted by atomic mass is 35.5. The average Bonchev–Trinajstić information content (AvgIpc) is 2.65. The summed E-state index contributed by atoms with van der Waals surface area (Å²) in [7, 11) is 3.34. The van der Waals surface area contributed by atoms with E-state index in [2.05, 4.69) is 36.1 Å². The fourth-order valence-corrected chi connectivity index (χ4v) is 3.04. The number of aryl methyl sites for hydroxylation is 1. The highest BCUT2D eigenvalue weighted by Crippen LogP contribution is 2.27. The molecule has 0 saturated carbocycles. The first kappa shape index (κ1) is 19.6. The number of rotatable bonds is 10. The van der Waals surface area contributed by atoms with Gasteiger partial charge in [0, 0.05) is 11.6 Å². The molecule has 0 fully saturated rings. The van der Waals surface area contributed by atoms with E-state index in [1.165, 1.54) is 11.1 Å². The average molecular weight is 362 g/mol. The number of nitrogens with zero attached hydrogens (tertiary/aromatic N) is 1. The monoisotopic (exact) mass is 361 g/mol. The minimum atomic E-state index is 0.779. The molecule has 0 bridgehead atoms. The summed E-state index contributed by atoms with van der Waals surface area (Å²) < 4.78 is 10.7. The van der Waals surface area contributed by atoms with Crippen molar-refractivity contribution in [2.75, 3.05) is 33.9 Å². The van der Waals surface area contributed by atoms with Gasteiger partial charge in [0.2, 0.25) is 0 Å². The van der Waals surface area contributed by atoms with Crippen molar-refractivity contribution < 1.29 is 9.47 Å². The molecule has 0 atom stereocenters. The lowest BCUT2D eigenvalue weighted by atomic mass is 10.1. The number of ether oxygens (including phenoxy) is 2. The summed E-state index contributed by atoms with van der Waals surface area (Å²) in [6, 6.07) is 14.3. The van der Waals surface area contributed by atoms with Gasteiger partial charge in [-0.15, -0.1) is 0 Å². The quantitative estimate of drug-likeness (QED) is 0.603. The standard InChI is InChI=1S/C21H28ClNO2/c1-4-23(14-5-6-17-7-10-19(22)11-8-17)15-13-18-9-12-20(24-2)21(16-18)25-3/h7-12,16H,4-6,13-15H2,1-3H3. The second kappa shape index (κ2) is 10.3. The number of methoxy groups -OCH3 is 2. The zero-order valence-corrected chi connectivity index (χ0v) is 16.2. The molecule has 0 aliphatic carbocycles. The van der Waals surface area contributed by atoms with Crippen LogP contribution in [0.1, 0.15) is 24.5 Å². The van der Waals surface area contributed by atoms with Gasteiger partial charge in [-0.25, -0.2) is 0 Å².